The van der Waals surface area contributed by atoms with Crippen molar-refractivity contribution in [2.75, 3.05) is 170 Å². The Morgan fingerprint density at radius 2 is 0.889 bits per heavy atom. The highest BCUT2D eigenvalue weighted by Crippen LogP contribution is 2.40. The first-order chi connectivity index (χ1) is 31.1. The molecule has 4 amide bonds. The normalized spacial score (nSPS) is 19.3. The topological polar surface area (TPSA) is 201 Å². The number of amides is 4. The molecule has 3 rings (SSSR count). The maximum atomic E-state index is 12.1. The molecule has 18 nitrogen and oxygen atoms in total. The molecule has 0 aromatic rings. The molecule has 0 bridgehead atoms. The number of ether oxygens (including phenoxy) is 11. The molecule has 63 heavy (non-hydrogen) atoms. The van der Waals surface area contributed by atoms with Crippen molar-refractivity contribution < 1.29 is 66.5 Å². The van der Waals surface area contributed by atoms with E-state index >= 15 is 0 Å². The number of rotatable bonds is 46. The highest BCUT2D eigenvalue weighted by Gasteiger charge is 2.42. The predicted molar refractivity (Wildman–Crippen MR) is 246 cm³/mol. The van der Waals surface area contributed by atoms with Gasteiger partial charge in [0.25, 0.3) is 0 Å². The third-order valence-electron chi connectivity index (χ3n) is 9.85. The van der Waals surface area contributed by atoms with E-state index in [2.05, 4.69) is 21.3 Å². The standard InChI is InChI=1S/C42H78N4O14S3/c47-39(7-3-1-5-36-9-34-62-63-36)43-10-12-50-14-16-52-18-20-54-22-24-56-26-28-58-30-32-60-33-31-59-29-27-57-25-23-55-21-19-53-17-15-51-13-11-44-40(48)8-4-2-6-38-41-37(35-61-38)45-42(49)46-41/h36-38,41H,1-35H2,(H,43,47)(H,44,48)(H2,45,46,49)/t36?,37-,38-,41-/m0/s1. The Kier molecular flexibility index (Phi) is 36.6. The first-order valence-electron chi connectivity index (χ1n) is 23.0. The number of hydrogen-bond acceptors (Lipinski definition) is 17. The van der Waals surface area contributed by atoms with Gasteiger partial charge in [-0.3, -0.25) is 9.59 Å². The maximum absolute atomic E-state index is 12.1. The Hall–Kier alpha value is -1.18. The van der Waals surface area contributed by atoms with Gasteiger partial charge in [-0.2, -0.15) is 11.8 Å². The Labute approximate surface area is 387 Å². The maximum Gasteiger partial charge on any atom is 0.315 e. The summed E-state index contributed by atoms with van der Waals surface area (Å²) >= 11 is 1.90. The smallest absolute Gasteiger partial charge is 0.315 e. The Morgan fingerprint density at radius 1 is 0.508 bits per heavy atom. The summed E-state index contributed by atoms with van der Waals surface area (Å²) < 4.78 is 60.6. The Bertz CT molecular complexity index is 1120. The highest BCUT2D eigenvalue weighted by molar-refractivity contribution is 8.77. The van der Waals surface area contributed by atoms with Crippen LogP contribution in [0.5, 0.6) is 0 Å². The number of hydrogen-bond donors (Lipinski definition) is 4. The minimum atomic E-state index is -0.0618. The second-order valence-corrected chi connectivity index (χ2v) is 18.9. The number of carbonyl (C=O) groups is 3. The van der Waals surface area contributed by atoms with Crippen molar-refractivity contribution in [1.82, 2.24) is 21.3 Å². The molecule has 3 aliphatic heterocycles. The van der Waals surface area contributed by atoms with Gasteiger partial charge in [0.1, 0.15) is 0 Å². The van der Waals surface area contributed by atoms with E-state index in [1.165, 1.54) is 18.6 Å². The van der Waals surface area contributed by atoms with Crippen molar-refractivity contribution in [3.63, 3.8) is 0 Å². The summed E-state index contributed by atoms with van der Waals surface area (Å²) in [5, 5.41) is 13.0. The summed E-state index contributed by atoms with van der Waals surface area (Å²) in [7, 11) is 3.97. The fraction of sp³-hybridized carbons (Fsp3) is 0.929. The molecule has 3 saturated heterocycles. The molecule has 0 aliphatic carbocycles. The Morgan fingerprint density at radius 3 is 1.27 bits per heavy atom. The monoisotopic (exact) mass is 958 g/mol. The van der Waals surface area contributed by atoms with Gasteiger partial charge in [-0.1, -0.05) is 34.4 Å². The molecule has 1 unspecified atom stereocenters. The van der Waals surface area contributed by atoms with Crippen molar-refractivity contribution in [3.8, 4) is 0 Å². The van der Waals surface area contributed by atoms with Crippen LogP contribution in [-0.4, -0.2) is 210 Å². The minimum absolute atomic E-state index is 0.0415. The molecular weight excluding hydrogens is 881 g/mol. The van der Waals surface area contributed by atoms with Crippen LogP contribution in [0.3, 0.4) is 0 Å². The van der Waals surface area contributed by atoms with E-state index in [0.717, 1.165) is 43.1 Å². The molecular formula is C42H78N4O14S3. The third kappa shape index (κ3) is 32.2. The number of fused-ring (bicyclic) bond motifs is 1. The van der Waals surface area contributed by atoms with Crippen LogP contribution in [0.2, 0.25) is 0 Å². The van der Waals surface area contributed by atoms with Crippen LogP contribution in [-0.2, 0) is 61.7 Å². The van der Waals surface area contributed by atoms with Crippen LogP contribution in [0.1, 0.15) is 57.8 Å². The van der Waals surface area contributed by atoms with Crippen molar-refractivity contribution in [2.45, 2.75) is 80.4 Å². The lowest BCUT2D eigenvalue weighted by Crippen LogP contribution is -2.36. The van der Waals surface area contributed by atoms with Gasteiger partial charge in [0, 0.05) is 47.9 Å². The number of carbonyl (C=O) groups excluding carboxylic acids is 3. The fourth-order valence-electron chi connectivity index (χ4n) is 6.50. The molecule has 21 heteroatoms. The molecule has 0 aromatic carbocycles. The zero-order valence-electron chi connectivity index (χ0n) is 37.5. The minimum Gasteiger partial charge on any atom is -0.377 e. The second-order valence-electron chi connectivity index (χ2n) is 14.9. The molecule has 3 aliphatic rings. The number of nitrogens with one attached hydrogen (secondary N) is 4. The van der Waals surface area contributed by atoms with E-state index in [1.54, 1.807) is 0 Å². The van der Waals surface area contributed by atoms with E-state index in [4.69, 9.17) is 52.1 Å². The van der Waals surface area contributed by atoms with E-state index < -0.39 is 0 Å². The molecule has 4 atom stereocenters. The van der Waals surface area contributed by atoms with E-state index in [0.29, 0.717) is 177 Å². The fourth-order valence-corrected chi connectivity index (χ4v) is 11.1. The van der Waals surface area contributed by atoms with Crippen LogP contribution >= 0.6 is 33.3 Å². The van der Waals surface area contributed by atoms with Gasteiger partial charge < -0.3 is 73.4 Å². The van der Waals surface area contributed by atoms with Crippen LogP contribution in [0.4, 0.5) is 4.79 Å². The van der Waals surface area contributed by atoms with Crippen molar-refractivity contribution in [2.24, 2.45) is 0 Å². The zero-order chi connectivity index (χ0) is 44.5. The first kappa shape index (κ1) is 56.1. The van der Waals surface area contributed by atoms with Crippen molar-refractivity contribution in [1.29, 1.82) is 0 Å². The molecule has 0 radical (unpaired) electrons. The molecule has 3 heterocycles. The van der Waals surface area contributed by atoms with Crippen LogP contribution in [0, 0.1) is 0 Å². The summed E-state index contributed by atoms with van der Waals surface area (Å²) in [6, 6.07) is 0.401. The van der Waals surface area contributed by atoms with Gasteiger partial charge in [-0.25, -0.2) is 4.79 Å². The number of unbranched alkanes of at least 4 members (excludes halogenated alkanes) is 2. The van der Waals surface area contributed by atoms with Crippen molar-refractivity contribution in [3.05, 3.63) is 0 Å². The molecule has 0 aromatic heterocycles. The number of urea groups is 1. The SMILES string of the molecule is O=C(CCCCC1CCSS1)NCCOCCOCCOCCOCCOCCOCCOCCOCCOCCOCCOCCNC(=O)CCCC[C@@H]1SC[C@@H]2NC(=O)N[C@@H]21. The summed E-state index contributed by atoms with van der Waals surface area (Å²) in [4.78, 5) is 35.5. The quantitative estimate of drug-likeness (QED) is 0.0394. The number of thioether (sulfide) groups is 1. The molecule has 3 fully saturated rings. The summed E-state index contributed by atoms with van der Waals surface area (Å²) in [5.41, 5.74) is 0. The van der Waals surface area contributed by atoms with Gasteiger partial charge in [0.15, 0.2) is 0 Å². The van der Waals surface area contributed by atoms with E-state index in [-0.39, 0.29) is 29.9 Å². The summed E-state index contributed by atoms with van der Waals surface area (Å²) in [6.07, 6.45) is 8.52. The van der Waals surface area contributed by atoms with Gasteiger partial charge in [0.2, 0.25) is 11.8 Å². The lowest BCUT2D eigenvalue weighted by atomic mass is 10.0. The van der Waals surface area contributed by atoms with Crippen LogP contribution in [0.25, 0.3) is 0 Å². The van der Waals surface area contributed by atoms with Gasteiger partial charge in [-0.05, 0) is 32.1 Å². The average Bonchev–Trinajstić information content (AvgIpc) is 4.04. The average molecular weight is 959 g/mol. The van der Waals surface area contributed by atoms with Crippen LogP contribution < -0.4 is 21.3 Å². The van der Waals surface area contributed by atoms with Gasteiger partial charge in [-0.15, -0.1) is 0 Å². The predicted octanol–water partition coefficient (Wildman–Crippen LogP) is 2.84. The largest absolute Gasteiger partial charge is 0.377 e. The second kappa shape index (κ2) is 41.0. The summed E-state index contributed by atoms with van der Waals surface area (Å²) in [6.45, 7) is 11.6. The van der Waals surface area contributed by atoms with E-state index in [1.807, 2.05) is 33.3 Å². The molecule has 0 saturated carbocycles. The van der Waals surface area contributed by atoms with Crippen molar-refractivity contribution >= 4 is 51.2 Å². The summed E-state index contributed by atoms with van der Waals surface area (Å²) in [5.74, 6) is 2.37. The van der Waals surface area contributed by atoms with Gasteiger partial charge in [0.05, 0.1) is 157 Å². The van der Waals surface area contributed by atoms with Gasteiger partial charge >= 0.3 is 6.03 Å². The lowest BCUT2D eigenvalue weighted by Gasteiger charge is -2.16. The van der Waals surface area contributed by atoms with Crippen LogP contribution in [0.15, 0.2) is 0 Å². The lowest BCUT2D eigenvalue weighted by molar-refractivity contribution is -0.122. The highest BCUT2D eigenvalue weighted by atomic mass is 33.1. The molecule has 4 N–H and O–H groups in total. The molecule has 368 valence electrons. The Balaban J connectivity index is 0.876. The first-order valence-corrected chi connectivity index (χ1v) is 26.4. The molecule has 0 spiro atoms. The zero-order valence-corrected chi connectivity index (χ0v) is 39.9. The third-order valence-corrected chi connectivity index (χ3v) is 14.4. The van der Waals surface area contributed by atoms with E-state index in [9.17, 15) is 14.4 Å².